The van der Waals surface area contributed by atoms with E-state index >= 15 is 0 Å². The lowest BCUT2D eigenvalue weighted by atomic mass is 9.70. The molecule has 0 saturated carbocycles. The second kappa shape index (κ2) is 21.6. The monoisotopic (exact) mass is 875 g/mol. The van der Waals surface area contributed by atoms with E-state index in [1.807, 2.05) is 0 Å². The maximum atomic E-state index is 2.64. The highest BCUT2D eigenvalue weighted by Crippen LogP contribution is 2.55. The fourth-order valence-corrected chi connectivity index (χ4v) is 11.0. The van der Waals surface area contributed by atoms with Gasteiger partial charge in [0, 0.05) is 5.41 Å². The van der Waals surface area contributed by atoms with Gasteiger partial charge in [0.05, 0.1) is 0 Å². The molecule has 0 atom stereocenters. The SMILES string of the molecule is CCCCCCCCC1(CCCCCCCC)c2cc(C)ccc2-c2ccc(-c3cc(-c4ccc(-c5ccc(C)cc5)cc4)cc(-c4cc(-c5ccccc5)cc(-c5ccccc5)c4)c3)cc21. The molecule has 0 fully saturated rings. The van der Waals surface area contributed by atoms with E-state index in [0.717, 1.165) is 0 Å². The van der Waals surface area contributed by atoms with Crippen molar-refractivity contribution < 1.29 is 0 Å². The van der Waals surface area contributed by atoms with E-state index in [4.69, 9.17) is 0 Å². The van der Waals surface area contributed by atoms with E-state index in [1.54, 1.807) is 11.1 Å². The summed E-state index contributed by atoms with van der Waals surface area (Å²) < 4.78 is 0. The van der Waals surface area contributed by atoms with Gasteiger partial charge in [-0.15, -0.1) is 0 Å². The van der Waals surface area contributed by atoms with Crippen LogP contribution in [0.2, 0.25) is 0 Å². The smallest absolute Gasteiger partial charge is 0.0215 e. The molecule has 0 nitrogen and oxygen atoms in total. The lowest BCUT2D eigenvalue weighted by molar-refractivity contribution is 0.398. The van der Waals surface area contributed by atoms with Gasteiger partial charge in [-0.3, -0.25) is 0 Å². The molecule has 8 aromatic rings. The van der Waals surface area contributed by atoms with E-state index in [0.29, 0.717) is 0 Å². The van der Waals surface area contributed by atoms with E-state index < -0.39 is 0 Å². The van der Waals surface area contributed by atoms with Gasteiger partial charge in [-0.25, -0.2) is 0 Å². The standard InChI is InChI=1S/C67H70/c1-5-7-9-11-13-21-39-67(40-22-14-12-10-8-6-2)65-41-50(4)29-37-63(65)64-38-36-56(48-66(64)67)60-43-59(55-34-32-54(33-35-55)53-30-27-49(3)28-31-53)46-62(47-60)61-44-57(51-23-17-15-18-24-51)42-58(45-61)52-25-19-16-20-26-52/h15-20,23-38,41-48H,5-14,21-22,39-40H2,1-4H3. The molecule has 0 aliphatic heterocycles. The third-order valence-electron chi connectivity index (χ3n) is 14.8. The van der Waals surface area contributed by atoms with Crippen molar-refractivity contribution in [3.63, 3.8) is 0 Å². The van der Waals surface area contributed by atoms with Gasteiger partial charge in [-0.2, -0.15) is 0 Å². The fourth-order valence-electron chi connectivity index (χ4n) is 11.0. The van der Waals surface area contributed by atoms with Gasteiger partial charge < -0.3 is 0 Å². The Morgan fingerprint density at radius 3 is 1.07 bits per heavy atom. The van der Waals surface area contributed by atoms with Crippen LogP contribution in [0.4, 0.5) is 0 Å². The van der Waals surface area contributed by atoms with Crippen LogP contribution in [0.3, 0.4) is 0 Å². The number of hydrogen-bond donors (Lipinski definition) is 0. The molecule has 67 heavy (non-hydrogen) atoms. The number of fused-ring (bicyclic) bond motifs is 3. The van der Waals surface area contributed by atoms with E-state index in [1.165, 1.54) is 179 Å². The zero-order valence-electron chi connectivity index (χ0n) is 40.7. The first-order chi connectivity index (χ1) is 32.9. The van der Waals surface area contributed by atoms with E-state index in [2.05, 4.69) is 210 Å². The van der Waals surface area contributed by atoms with Crippen LogP contribution in [0.25, 0.3) is 77.9 Å². The molecular formula is C67H70. The Morgan fingerprint density at radius 1 is 0.269 bits per heavy atom. The van der Waals surface area contributed by atoms with Crippen molar-refractivity contribution in [1.82, 2.24) is 0 Å². The average molecular weight is 875 g/mol. The summed E-state index contributed by atoms with van der Waals surface area (Å²) in [5, 5.41) is 0. The summed E-state index contributed by atoms with van der Waals surface area (Å²) in [6.45, 7) is 9.10. The number of rotatable bonds is 20. The molecule has 0 heterocycles. The summed E-state index contributed by atoms with van der Waals surface area (Å²) in [5.41, 5.74) is 23.6. The minimum absolute atomic E-state index is 0.0169. The first-order valence-electron chi connectivity index (χ1n) is 25.8. The maximum Gasteiger partial charge on any atom is 0.0215 e. The summed E-state index contributed by atoms with van der Waals surface area (Å²) in [6.07, 6.45) is 18.3. The Hall–Kier alpha value is -6.24. The Balaban J connectivity index is 1.19. The normalized spacial score (nSPS) is 12.5. The van der Waals surface area contributed by atoms with Crippen LogP contribution < -0.4 is 0 Å². The third-order valence-corrected chi connectivity index (χ3v) is 14.8. The average Bonchev–Trinajstić information content (AvgIpc) is 3.64. The first-order valence-corrected chi connectivity index (χ1v) is 25.8. The van der Waals surface area contributed by atoms with Crippen LogP contribution >= 0.6 is 0 Å². The highest BCUT2D eigenvalue weighted by atomic mass is 14.5. The van der Waals surface area contributed by atoms with Crippen molar-refractivity contribution in [2.75, 3.05) is 0 Å². The van der Waals surface area contributed by atoms with Gasteiger partial charge >= 0.3 is 0 Å². The van der Waals surface area contributed by atoms with Crippen LogP contribution in [0.1, 0.15) is 126 Å². The molecule has 0 saturated heterocycles. The lowest BCUT2D eigenvalue weighted by Crippen LogP contribution is -2.25. The molecule has 338 valence electrons. The Kier molecular flexibility index (Phi) is 14.8. The lowest BCUT2D eigenvalue weighted by Gasteiger charge is -2.33. The van der Waals surface area contributed by atoms with Crippen LogP contribution in [0.5, 0.6) is 0 Å². The third kappa shape index (κ3) is 10.5. The van der Waals surface area contributed by atoms with Gasteiger partial charge in [-0.1, -0.05) is 242 Å². The van der Waals surface area contributed by atoms with Crippen molar-refractivity contribution in [3.05, 3.63) is 204 Å². The minimum atomic E-state index is 0.0169. The molecule has 0 heteroatoms. The zero-order valence-corrected chi connectivity index (χ0v) is 40.7. The van der Waals surface area contributed by atoms with Crippen LogP contribution in [0, 0.1) is 13.8 Å². The molecule has 0 N–H and O–H groups in total. The molecule has 0 unspecified atom stereocenters. The van der Waals surface area contributed by atoms with Crippen molar-refractivity contribution in [3.8, 4) is 77.9 Å². The van der Waals surface area contributed by atoms with Gasteiger partial charge in [0.1, 0.15) is 0 Å². The molecule has 0 radical (unpaired) electrons. The quantitative estimate of drug-likeness (QED) is 0.0669. The maximum absolute atomic E-state index is 2.64. The molecule has 1 aliphatic rings. The predicted molar refractivity (Wildman–Crippen MR) is 291 cm³/mol. The molecule has 0 spiro atoms. The van der Waals surface area contributed by atoms with Crippen LogP contribution in [0.15, 0.2) is 182 Å². The summed E-state index contributed by atoms with van der Waals surface area (Å²) in [4.78, 5) is 0. The van der Waals surface area contributed by atoms with Crippen LogP contribution in [-0.4, -0.2) is 0 Å². The van der Waals surface area contributed by atoms with Gasteiger partial charge in [0.2, 0.25) is 0 Å². The van der Waals surface area contributed by atoms with Crippen LogP contribution in [-0.2, 0) is 5.41 Å². The minimum Gasteiger partial charge on any atom is -0.0654 e. The predicted octanol–water partition coefficient (Wildman–Crippen LogP) is 20.1. The fraction of sp³-hybridized carbons (Fsp3) is 0.284. The topological polar surface area (TPSA) is 0 Å². The second-order valence-corrected chi connectivity index (χ2v) is 19.7. The largest absolute Gasteiger partial charge is 0.0654 e. The second-order valence-electron chi connectivity index (χ2n) is 19.7. The summed E-state index contributed by atoms with van der Waals surface area (Å²) in [7, 11) is 0. The summed E-state index contributed by atoms with van der Waals surface area (Å²) in [5.74, 6) is 0. The Morgan fingerprint density at radius 2 is 0.597 bits per heavy atom. The van der Waals surface area contributed by atoms with E-state index in [9.17, 15) is 0 Å². The van der Waals surface area contributed by atoms with Crippen molar-refractivity contribution >= 4 is 0 Å². The Bertz CT molecular complexity index is 2790. The molecule has 1 aliphatic carbocycles. The highest BCUT2D eigenvalue weighted by Gasteiger charge is 2.42. The molecule has 8 aromatic carbocycles. The van der Waals surface area contributed by atoms with Crippen molar-refractivity contribution in [2.24, 2.45) is 0 Å². The molecule has 0 aromatic heterocycles. The first kappa shape index (κ1) is 45.9. The summed E-state index contributed by atoms with van der Waals surface area (Å²) in [6, 6.07) is 69.3. The van der Waals surface area contributed by atoms with E-state index in [-0.39, 0.29) is 5.41 Å². The van der Waals surface area contributed by atoms with Crippen molar-refractivity contribution in [2.45, 2.75) is 123 Å². The van der Waals surface area contributed by atoms with Gasteiger partial charge in [-0.05, 0) is 158 Å². The number of aryl methyl sites for hydroxylation is 2. The summed E-state index contributed by atoms with van der Waals surface area (Å²) >= 11 is 0. The van der Waals surface area contributed by atoms with Gasteiger partial charge in [0.25, 0.3) is 0 Å². The van der Waals surface area contributed by atoms with Gasteiger partial charge in [0.15, 0.2) is 0 Å². The Labute approximate surface area is 403 Å². The molecule has 0 amide bonds. The molecule has 0 bridgehead atoms. The number of hydrogen-bond acceptors (Lipinski definition) is 0. The molecule has 9 rings (SSSR count). The number of benzene rings is 8. The highest BCUT2D eigenvalue weighted by molar-refractivity contribution is 5.89. The number of unbranched alkanes of at least 4 members (excludes halogenated alkanes) is 10. The van der Waals surface area contributed by atoms with Crippen molar-refractivity contribution in [1.29, 1.82) is 0 Å². The molecular weight excluding hydrogens is 805 g/mol. The zero-order chi connectivity index (χ0) is 46.0.